The number of hydrogen-bond acceptors (Lipinski definition) is 2. The molecule has 3 heteroatoms. The van der Waals surface area contributed by atoms with Crippen LogP contribution in [-0.2, 0) is 6.42 Å². The van der Waals surface area contributed by atoms with E-state index in [1.54, 1.807) is 0 Å². The molecule has 0 aliphatic carbocycles. The molecule has 68 valence electrons. The first-order valence-corrected chi connectivity index (χ1v) is 5.31. The van der Waals surface area contributed by atoms with E-state index in [0.717, 1.165) is 18.7 Å². The summed E-state index contributed by atoms with van der Waals surface area (Å²) in [5.41, 5.74) is 3.69. The maximum Gasteiger partial charge on any atom is 0.0675 e. The van der Waals surface area contributed by atoms with Crippen LogP contribution in [0.3, 0.4) is 0 Å². The van der Waals surface area contributed by atoms with E-state index in [9.17, 15) is 0 Å². The molecule has 0 fully saturated rings. The minimum absolute atomic E-state index is 1.04. The third-order valence-corrected chi connectivity index (χ3v) is 3.34. The van der Waals surface area contributed by atoms with Gasteiger partial charge < -0.3 is 3.11 Å². The van der Waals surface area contributed by atoms with Gasteiger partial charge in [0.25, 0.3) is 0 Å². The molecule has 0 bridgehead atoms. The molecule has 0 radical (unpaired) electrons. The van der Waals surface area contributed by atoms with Gasteiger partial charge in [-0.15, -0.1) is 0 Å². The van der Waals surface area contributed by atoms with Crippen LogP contribution in [-0.4, -0.2) is 13.3 Å². The fraction of sp³-hybridized carbons (Fsp3) is 0.300. The molecule has 0 saturated carbocycles. The van der Waals surface area contributed by atoms with Crippen molar-refractivity contribution in [1.29, 1.82) is 0 Å². The van der Waals surface area contributed by atoms with Crippen LogP contribution in [0.4, 0.5) is 11.4 Å². The van der Waals surface area contributed by atoms with Crippen molar-refractivity contribution in [2.75, 3.05) is 9.66 Å². The summed E-state index contributed by atoms with van der Waals surface area (Å²) in [6, 6.07) is 6.22. The number of rotatable bonds is 1. The van der Waals surface area contributed by atoms with Crippen LogP contribution in [0.1, 0.15) is 12.0 Å². The van der Waals surface area contributed by atoms with E-state index in [-0.39, 0.29) is 0 Å². The normalized spacial score (nSPS) is 15.3. The van der Waals surface area contributed by atoms with E-state index in [0.29, 0.717) is 0 Å². The standard InChI is InChI=1S/C10H11IN2/c1-12-9-5-2-6-10-8(9)4-3-7-13(10)11/h2,5-6H,1,3-4,7H2. The molecule has 1 heterocycles. The summed E-state index contributed by atoms with van der Waals surface area (Å²) in [6.45, 7) is 4.73. The van der Waals surface area contributed by atoms with Crippen molar-refractivity contribution in [2.24, 2.45) is 4.99 Å². The molecular formula is C10H11IN2. The lowest BCUT2D eigenvalue weighted by Gasteiger charge is -2.25. The number of fused-ring (bicyclic) bond motifs is 1. The van der Waals surface area contributed by atoms with Crippen LogP contribution in [0.5, 0.6) is 0 Å². The lowest BCUT2D eigenvalue weighted by Crippen LogP contribution is -2.18. The molecule has 1 aromatic rings. The Kier molecular flexibility index (Phi) is 2.53. The highest BCUT2D eigenvalue weighted by Crippen LogP contribution is 2.35. The number of aliphatic imine (C=N–C) groups is 1. The SMILES string of the molecule is C=Nc1cccc2c1CCCN2I. The molecule has 0 N–H and O–H groups in total. The van der Waals surface area contributed by atoms with Crippen LogP contribution in [0.15, 0.2) is 23.2 Å². The van der Waals surface area contributed by atoms with E-state index in [4.69, 9.17) is 0 Å². The highest BCUT2D eigenvalue weighted by Gasteiger charge is 2.16. The van der Waals surface area contributed by atoms with Crippen LogP contribution < -0.4 is 3.11 Å². The van der Waals surface area contributed by atoms with E-state index in [2.05, 4.69) is 43.8 Å². The van der Waals surface area contributed by atoms with E-state index in [1.165, 1.54) is 17.7 Å². The second-order valence-electron chi connectivity index (χ2n) is 3.12. The number of anilines is 1. The second kappa shape index (κ2) is 3.65. The first-order valence-electron chi connectivity index (χ1n) is 4.35. The number of nitrogens with zero attached hydrogens (tertiary/aromatic N) is 2. The molecule has 1 aromatic carbocycles. The smallest absolute Gasteiger partial charge is 0.0675 e. The first kappa shape index (κ1) is 8.99. The van der Waals surface area contributed by atoms with Gasteiger partial charge in [-0.1, -0.05) is 6.07 Å². The monoisotopic (exact) mass is 286 g/mol. The Hall–Kier alpha value is -0.580. The minimum atomic E-state index is 1.04. The number of hydrogen-bond donors (Lipinski definition) is 0. The average molecular weight is 286 g/mol. The van der Waals surface area contributed by atoms with E-state index >= 15 is 0 Å². The Morgan fingerprint density at radius 1 is 1.46 bits per heavy atom. The Morgan fingerprint density at radius 3 is 3.08 bits per heavy atom. The lowest BCUT2D eigenvalue weighted by atomic mass is 10.0. The summed E-state index contributed by atoms with van der Waals surface area (Å²) in [6.07, 6.45) is 2.34. The molecule has 2 nitrogen and oxygen atoms in total. The average Bonchev–Trinajstić information content (AvgIpc) is 2.18. The Labute approximate surface area is 92.2 Å². The van der Waals surface area contributed by atoms with Gasteiger partial charge in [0.05, 0.1) is 34.2 Å². The van der Waals surface area contributed by atoms with Gasteiger partial charge in [0.2, 0.25) is 0 Å². The Morgan fingerprint density at radius 2 is 2.31 bits per heavy atom. The van der Waals surface area contributed by atoms with Gasteiger partial charge in [0, 0.05) is 12.1 Å². The highest BCUT2D eigenvalue weighted by atomic mass is 127. The summed E-state index contributed by atoms with van der Waals surface area (Å²) >= 11 is 2.35. The molecule has 0 saturated heterocycles. The Bertz CT molecular complexity index is 336. The lowest BCUT2D eigenvalue weighted by molar-refractivity contribution is 0.806. The highest BCUT2D eigenvalue weighted by molar-refractivity contribution is 14.1. The van der Waals surface area contributed by atoms with Crippen LogP contribution in [0.2, 0.25) is 0 Å². The van der Waals surface area contributed by atoms with Crippen molar-refractivity contribution in [3.8, 4) is 0 Å². The zero-order valence-electron chi connectivity index (χ0n) is 7.33. The quantitative estimate of drug-likeness (QED) is 0.440. The minimum Gasteiger partial charge on any atom is -0.314 e. The molecular weight excluding hydrogens is 275 g/mol. The fourth-order valence-electron chi connectivity index (χ4n) is 1.71. The van der Waals surface area contributed by atoms with Gasteiger partial charge in [-0.3, -0.25) is 4.99 Å². The summed E-state index contributed by atoms with van der Waals surface area (Å²) in [5, 5.41) is 0. The van der Waals surface area contributed by atoms with Gasteiger partial charge in [0.15, 0.2) is 0 Å². The molecule has 0 aromatic heterocycles. The third kappa shape index (κ3) is 1.57. The van der Waals surface area contributed by atoms with Crippen molar-refractivity contribution in [2.45, 2.75) is 12.8 Å². The molecule has 0 amide bonds. The third-order valence-electron chi connectivity index (χ3n) is 2.34. The molecule has 1 aliphatic rings. The number of halogens is 1. The van der Waals surface area contributed by atoms with Gasteiger partial charge in [0.1, 0.15) is 0 Å². The van der Waals surface area contributed by atoms with Crippen LogP contribution in [0.25, 0.3) is 0 Å². The summed E-state index contributed by atoms with van der Waals surface area (Å²) in [7, 11) is 0. The summed E-state index contributed by atoms with van der Waals surface area (Å²) < 4.78 is 2.26. The summed E-state index contributed by atoms with van der Waals surface area (Å²) in [5.74, 6) is 0. The van der Waals surface area contributed by atoms with Crippen molar-refractivity contribution in [1.82, 2.24) is 0 Å². The predicted octanol–water partition coefficient (Wildman–Crippen LogP) is 3.12. The van der Waals surface area contributed by atoms with Crippen molar-refractivity contribution in [3.63, 3.8) is 0 Å². The summed E-state index contributed by atoms with van der Waals surface area (Å²) in [4.78, 5) is 4.04. The zero-order valence-corrected chi connectivity index (χ0v) is 9.49. The van der Waals surface area contributed by atoms with Gasteiger partial charge in [-0.25, -0.2) is 0 Å². The predicted molar refractivity (Wildman–Crippen MR) is 65.3 cm³/mol. The maximum atomic E-state index is 4.04. The molecule has 0 atom stereocenters. The van der Waals surface area contributed by atoms with Crippen molar-refractivity contribution < 1.29 is 0 Å². The van der Waals surface area contributed by atoms with Gasteiger partial charge in [-0.05, 0) is 31.7 Å². The Balaban J connectivity index is 2.54. The maximum absolute atomic E-state index is 4.04. The first-order chi connectivity index (χ1) is 6.33. The van der Waals surface area contributed by atoms with Gasteiger partial charge >= 0.3 is 0 Å². The van der Waals surface area contributed by atoms with E-state index in [1.807, 2.05) is 12.1 Å². The molecule has 2 rings (SSSR count). The number of benzene rings is 1. The molecule has 0 spiro atoms. The topological polar surface area (TPSA) is 15.6 Å². The molecule has 1 aliphatic heterocycles. The second-order valence-corrected chi connectivity index (χ2v) is 4.29. The fourth-order valence-corrected chi connectivity index (χ4v) is 2.50. The molecule has 0 unspecified atom stereocenters. The zero-order chi connectivity index (χ0) is 9.26. The largest absolute Gasteiger partial charge is 0.314 e. The van der Waals surface area contributed by atoms with Crippen molar-refractivity contribution in [3.05, 3.63) is 23.8 Å². The van der Waals surface area contributed by atoms with E-state index < -0.39 is 0 Å². The van der Waals surface area contributed by atoms with Crippen molar-refractivity contribution >= 4 is 41.0 Å². The molecule has 13 heavy (non-hydrogen) atoms. The van der Waals surface area contributed by atoms with Gasteiger partial charge in [-0.2, -0.15) is 0 Å². The van der Waals surface area contributed by atoms with Crippen LogP contribution in [0, 0.1) is 0 Å². The van der Waals surface area contributed by atoms with Crippen LogP contribution >= 0.6 is 22.9 Å².